The second-order valence-electron chi connectivity index (χ2n) is 12.4. The molecule has 0 bridgehead atoms. The van der Waals surface area contributed by atoms with Crippen LogP contribution >= 0.6 is 0 Å². The first-order valence-corrected chi connectivity index (χ1v) is 17.9. The van der Waals surface area contributed by atoms with E-state index in [0.717, 1.165) is 38.5 Å². The summed E-state index contributed by atoms with van der Waals surface area (Å²) in [5.74, 6) is -4.53. The maximum absolute atomic E-state index is 11.7. The van der Waals surface area contributed by atoms with Gasteiger partial charge in [0.25, 0.3) is 0 Å². The van der Waals surface area contributed by atoms with Crippen LogP contribution in [0.3, 0.4) is 0 Å². The van der Waals surface area contributed by atoms with Gasteiger partial charge in [0.15, 0.2) is 12.1 Å². The first kappa shape index (κ1) is 51.8. The Labute approximate surface area is 325 Å². The SMILES string of the molecule is CCC/C=C/CCC[N+](CCO)(C(CC)C(=O)[O-])C(CC)C(=O)O.CCC/C=C/CCC[N+](CCO)(C(CC)C(=O)[O-])C(CC)C(=O)O.[Ca+2]. The summed E-state index contributed by atoms with van der Waals surface area (Å²) in [6.45, 7) is 11.6. The molecule has 0 aromatic heterocycles. The van der Waals surface area contributed by atoms with Crippen LogP contribution in [0.4, 0.5) is 0 Å². The number of carboxylic acids is 4. The van der Waals surface area contributed by atoms with Gasteiger partial charge in [-0.3, -0.25) is 0 Å². The molecule has 0 aliphatic carbocycles. The molecule has 280 valence electrons. The van der Waals surface area contributed by atoms with E-state index in [-0.39, 0.29) is 85.8 Å². The van der Waals surface area contributed by atoms with Crippen molar-refractivity contribution in [3.8, 4) is 0 Å². The Kier molecular flexibility index (Phi) is 31.9. The number of unbranched alkanes of at least 4 members (excludes halogenated alkanes) is 4. The summed E-state index contributed by atoms with van der Waals surface area (Å²) in [6.07, 6.45) is 16.5. The third-order valence-electron chi connectivity index (χ3n) is 9.31. The van der Waals surface area contributed by atoms with Gasteiger partial charge in [0, 0.05) is 38.5 Å². The zero-order chi connectivity index (χ0) is 37.2. The van der Waals surface area contributed by atoms with Gasteiger partial charge in [-0.2, -0.15) is 0 Å². The van der Waals surface area contributed by atoms with Crippen LogP contribution in [0.5, 0.6) is 0 Å². The molecule has 13 heteroatoms. The quantitative estimate of drug-likeness (QED) is 0.0402. The molecule has 0 saturated carbocycles. The number of aliphatic hydroxyl groups excluding tert-OH is 2. The van der Waals surface area contributed by atoms with E-state index in [0.29, 0.717) is 38.8 Å². The zero-order valence-corrected chi connectivity index (χ0v) is 33.4. The number of aliphatic carboxylic acids is 4. The van der Waals surface area contributed by atoms with Gasteiger partial charge in [0.2, 0.25) is 0 Å². The Bertz CT molecular complexity index is 855. The summed E-state index contributed by atoms with van der Waals surface area (Å²) in [4.78, 5) is 46.8. The second kappa shape index (κ2) is 30.1. The molecule has 0 aromatic carbocycles. The van der Waals surface area contributed by atoms with Crippen molar-refractivity contribution >= 4 is 61.6 Å². The van der Waals surface area contributed by atoms with E-state index in [1.807, 2.05) is 0 Å². The zero-order valence-electron chi connectivity index (χ0n) is 31.2. The van der Waals surface area contributed by atoms with Crippen LogP contribution in [0.1, 0.15) is 119 Å². The summed E-state index contributed by atoms with van der Waals surface area (Å²) in [5.41, 5.74) is 0. The molecule has 12 nitrogen and oxygen atoms in total. The monoisotopic (exact) mass is 726 g/mol. The fourth-order valence-electron chi connectivity index (χ4n) is 7.09. The predicted octanol–water partition coefficient (Wildman–Crippen LogP) is 2.27. The van der Waals surface area contributed by atoms with Crippen molar-refractivity contribution in [3.05, 3.63) is 24.3 Å². The summed E-state index contributed by atoms with van der Waals surface area (Å²) in [7, 11) is 0. The van der Waals surface area contributed by atoms with Gasteiger partial charge >= 0.3 is 49.7 Å². The molecule has 6 unspecified atom stereocenters. The van der Waals surface area contributed by atoms with E-state index >= 15 is 0 Å². The van der Waals surface area contributed by atoms with Gasteiger partial charge in [-0.25, -0.2) is 9.59 Å². The Morgan fingerprint density at radius 3 is 1.02 bits per heavy atom. The molecule has 0 aliphatic rings. The number of allylic oxidation sites excluding steroid dienone is 4. The van der Waals surface area contributed by atoms with Crippen molar-refractivity contribution in [2.75, 3.05) is 39.4 Å². The molecule has 49 heavy (non-hydrogen) atoms. The molecule has 0 rings (SSSR count). The number of carboxylic acid groups (broad SMARTS) is 4. The van der Waals surface area contributed by atoms with Crippen LogP contribution in [0, 0.1) is 0 Å². The van der Waals surface area contributed by atoms with E-state index in [2.05, 4.69) is 38.2 Å². The number of carbonyl (C=O) groups excluding carboxylic acids is 2. The Balaban J connectivity index is -0.000000846. The predicted molar refractivity (Wildman–Crippen MR) is 188 cm³/mol. The van der Waals surface area contributed by atoms with Crippen molar-refractivity contribution in [2.45, 2.75) is 143 Å². The van der Waals surface area contributed by atoms with Crippen molar-refractivity contribution in [2.24, 2.45) is 0 Å². The number of hydrogen-bond donors (Lipinski definition) is 4. The van der Waals surface area contributed by atoms with Crippen LogP contribution in [-0.2, 0) is 19.2 Å². The van der Waals surface area contributed by atoms with Crippen LogP contribution in [-0.4, -0.2) is 155 Å². The molecule has 4 N–H and O–H groups in total. The van der Waals surface area contributed by atoms with Gasteiger partial charge in [-0.1, -0.05) is 78.7 Å². The first-order chi connectivity index (χ1) is 22.8. The summed E-state index contributed by atoms with van der Waals surface area (Å²) >= 11 is 0. The van der Waals surface area contributed by atoms with Crippen molar-refractivity contribution < 1.29 is 58.8 Å². The average Bonchev–Trinajstić information content (AvgIpc) is 3.01. The molecule has 6 atom stereocenters. The van der Waals surface area contributed by atoms with Gasteiger partial charge in [0.1, 0.15) is 25.2 Å². The summed E-state index contributed by atoms with van der Waals surface area (Å²) < 4.78 is -0.300. The van der Waals surface area contributed by atoms with E-state index in [4.69, 9.17) is 0 Å². The molecule has 0 aliphatic heterocycles. The maximum atomic E-state index is 11.7. The van der Waals surface area contributed by atoms with Crippen molar-refractivity contribution in [1.29, 1.82) is 0 Å². The molecule has 0 spiro atoms. The minimum Gasteiger partial charge on any atom is -0.544 e. The van der Waals surface area contributed by atoms with Gasteiger partial charge in [0.05, 0.1) is 38.2 Å². The standard InChI is InChI=1S/2C18H33NO5.Ca/c2*1-4-7-8-9-10-11-12-19(13-14-20,15(5-2)17(21)22)16(6-3)18(23)24;/h2*8-9,15-16,20H,4-7,10-14H2,1-3H3,(H-,21,22,23,24);/q;;+2/b2*9-8+;. The van der Waals surface area contributed by atoms with Crippen LogP contribution in [0.2, 0.25) is 0 Å². The van der Waals surface area contributed by atoms with Crippen molar-refractivity contribution in [3.63, 3.8) is 0 Å². The van der Waals surface area contributed by atoms with Gasteiger partial charge < -0.3 is 49.2 Å². The largest absolute Gasteiger partial charge is 2.00 e. The molecular weight excluding hydrogens is 660 g/mol. The third kappa shape index (κ3) is 17.5. The van der Waals surface area contributed by atoms with Crippen LogP contribution in [0.15, 0.2) is 24.3 Å². The number of rotatable bonds is 28. The number of nitrogens with zero attached hydrogens (tertiary/aromatic N) is 2. The summed E-state index contributed by atoms with van der Waals surface area (Å²) in [5, 5.41) is 61.5. The fourth-order valence-corrected chi connectivity index (χ4v) is 7.09. The molecule has 0 amide bonds. The maximum Gasteiger partial charge on any atom is 2.00 e. The van der Waals surface area contributed by atoms with Crippen LogP contribution < -0.4 is 10.2 Å². The number of carbonyl (C=O) groups is 4. The molecule has 0 heterocycles. The fraction of sp³-hybridized carbons (Fsp3) is 0.778. The number of aliphatic hydroxyl groups is 2. The first-order valence-electron chi connectivity index (χ1n) is 17.9. The topological polar surface area (TPSA) is 195 Å². The molecule has 0 fully saturated rings. The molecule has 0 radical (unpaired) electrons. The molecule has 0 saturated heterocycles. The van der Waals surface area contributed by atoms with E-state index < -0.39 is 48.0 Å². The minimum absolute atomic E-state index is 0. The summed E-state index contributed by atoms with van der Waals surface area (Å²) in [6, 6.07) is -3.59. The second-order valence-corrected chi connectivity index (χ2v) is 12.4. The molecular formula is C36H66CaN2O10+2. The molecule has 0 aromatic rings. The minimum atomic E-state index is -1.24. The van der Waals surface area contributed by atoms with E-state index in [9.17, 15) is 49.8 Å². The average molecular weight is 727 g/mol. The third-order valence-corrected chi connectivity index (χ3v) is 9.31. The van der Waals surface area contributed by atoms with Crippen LogP contribution in [0.25, 0.3) is 0 Å². The smallest absolute Gasteiger partial charge is 0.544 e. The van der Waals surface area contributed by atoms with Crippen molar-refractivity contribution in [1.82, 2.24) is 0 Å². The Hall–Kier alpha value is -1.54. The Morgan fingerprint density at radius 2 is 0.816 bits per heavy atom. The normalized spacial score (nSPS) is 16.3. The number of quaternary nitrogens is 2. The number of hydrogen-bond acceptors (Lipinski definition) is 8. The van der Waals surface area contributed by atoms with E-state index in [1.54, 1.807) is 27.7 Å². The van der Waals surface area contributed by atoms with Gasteiger partial charge in [-0.05, 0) is 25.7 Å². The van der Waals surface area contributed by atoms with E-state index in [1.165, 1.54) is 0 Å². The Morgan fingerprint density at radius 1 is 0.531 bits per heavy atom. The van der Waals surface area contributed by atoms with Gasteiger partial charge in [-0.15, -0.1) is 0 Å².